The molecule has 0 saturated heterocycles. The molecule has 2 rings (SSSR count). The van der Waals surface area contributed by atoms with Crippen molar-refractivity contribution in [3.05, 3.63) is 29.7 Å². The Morgan fingerprint density at radius 3 is 2.65 bits per heavy atom. The molecule has 0 aliphatic rings. The first-order valence-corrected chi connectivity index (χ1v) is 4.70. The second kappa shape index (κ2) is 4.20. The first-order valence-electron chi connectivity index (χ1n) is 4.70. The molecule has 1 aromatic heterocycles. The second-order valence-electron chi connectivity index (χ2n) is 3.29. The maximum Gasteiger partial charge on any atom is 0.250 e. The smallest absolute Gasteiger partial charge is 0.250 e. The number of aryl methyl sites for hydroxylation is 1. The summed E-state index contributed by atoms with van der Waals surface area (Å²) in [7, 11) is 0. The van der Waals surface area contributed by atoms with E-state index in [1.165, 1.54) is 12.1 Å². The lowest BCUT2D eigenvalue weighted by Gasteiger charge is -1.97. The first kappa shape index (κ1) is 11.1. The van der Waals surface area contributed by atoms with Gasteiger partial charge in [0, 0.05) is 0 Å². The summed E-state index contributed by atoms with van der Waals surface area (Å²) in [5, 5.41) is 20.2. The van der Waals surface area contributed by atoms with E-state index in [0.29, 0.717) is 5.69 Å². The van der Waals surface area contributed by atoms with Crippen LogP contribution in [0.2, 0.25) is 0 Å². The monoisotopic (exact) mass is 236 g/mol. The minimum Gasteiger partial charge on any atom is -0.506 e. The highest BCUT2D eigenvalue weighted by molar-refractivity contribution is 5.58. The number of halogens is 1. The molecule has 0 amide bonds. The van der Waals surface area contributed by atoms with Crippen molar-refractivity contribution < 1.29 is 14.0 Å². The van der Waals surface area contributed by atoms with Crippen LogP contribution in [0, 0.1) is 12.7 Å². The number of hydrogen-bond acceptors (Lipinski definition) is 6. The van der Waals surface area contributed by atoms with E-state index >= 15 is 0 Å². The fourth-order valence-corrected chi connectivity index (χ4v) is 1.21. The zero-order valence-electron chi connectivity index (χ0n) is 8.88. The average Bonchev–Trinajstić information content (AvgIpc) is 2.59. The number of nitrogens with two attached hydrogens (primary N) is 1. The summed E-state index contributed by atoms with van der Waals surface area (Å²) in [5.41, 5.74) is 5.83. The molecule has 17 heavy (non-hydrogen) atoms. The van der Waals surface area contributed by atoms with E-state index in [0.717, 1.165) is 6.07 Å². The highest BCUT2D eigenvalue weighted by Crippen LogP contribution is 2.33. The fourth-order valence-electron chi connectivity index (χ4n) is 1.21. The van der Waals surface area contributed by atoms with E-state index < -0.39 is 5.82 Å². The number of nitrogen functional groups attached to an aromatic ring is 1. The van der Waals surface area contributed by atoms with E-state index in [4.69, 9.17) is 5.73 Å². The van der Waals surface area contributed by atoms with Crippen molar-refractivity contribution in [2.45, 2.75) is 6.92 Å². The third kappa shape index (κ3) is 2.07. The summed E-state index contributed by atoms with van der Waals surface area (Å²) in [5.74, 6) is -0.995. The van der Waals surface area contributed by atoms with Gasteiger partial charge in [-0.1, -0.05) is 11.2 Å². The number of aromatic nitrogens is 1. The Bertz CT molecular complexity index is 540. The van der Waals surface area contributed by atoms with Crippen LogP contribution in [0.3, 0.4) is 0 Å². The van der Waals surface area contributed by atoms with Crippen LogP contribution in [-0.4, -0.2) is 10.3 Å². The maximum absolute atomic E-state index is 13.3. The van der Waals surface area contributed by atoms with Crippen molar-refractivity contribution >= 4 is 17.3 Å². The zero-order chi connectivity index (χ0) is 12.4. The molecule has 0 unspecified atom stereocenters. The molecule has 0 bridgehead atoms. The van der Waals surface area contributed by atoms with Crippen LogP contribution in [0.1, 0.15) is 5.69 Å². The van der Waals surface area contributed by atoms with Gasteiger partial charge in [-0.3, -0.25) is 0 Å². The van der Waals surface area contributed by atoms with E-state index in [2.05, 4.69) is 19.9 Å². The number of nitrogens with zero attached hydrogens (tertiary/aromatic N) is 3. The van der Waals surface area contributed by atoms with Gasteiger partial charge in [-0.2, -0.15) is 0 Å². The molecule has 0 aliphatic carbocycles. The van der Waals surface area contributed by atoms with E-state index in [1.54, 1.807) is 6.92 Å². The molecular formula is C10H9FN4O2. The topological polar surface area (TPSA) is 97.0 Å². The largest absolute Gasteiger partial charge is 0.506 e. The highest BCUT2D eigenvalue weighted by Gasteiger charge is 2.10. The van der Waals surface area contributed by atoms with Gasteiger partial charge in [0.15, 0.2) is 17.2 Å². The van der Waals surface area contributed by atoms with E-state index in [1.807, 2.05) is 0 Å². The molecular weight excluding hydrogens is 227 g/mol. The Hall–Kier alpha value is -2.44. The Balaban J connectivity index is 2.39. The molecule has 7 heteroatoms. The first-order chi connectivity index (χ1) is 8.09. The fraction of sp³-hybridized carbons (Fsp3) is 0.100. The molecule has 88 valence electrons. The van der Waals surface area contributed by atoms with Crippen molar-refractivity contribution in [3.8, 4) is 5.75 Å². The lowest BCUT2D eigenvalue weighted by atomic mass is 10.3. The van der Waals surface area contributed by atoms with Gasteiger partial charge in [0.2, 0.25) is 5.88 Å². The van der Waals surface area contributed by atoms with Crippen LogP contribution in [0.4, 0.5) is 21.6 Å². The van der Waals surface area contributed by atoms with Gasteiger partial charge < -0.3 is 15.4 Å². The van der Waals surface area contributed by atoms with Crippen LogP contribution in [-0.2, 0) is 0 Å². The van der Waals surface area contributed by atoms with Gasteiger partial charge >= 0.3 is 0 Å². The van der Waals surface area contributed by atoms with E-state index in [-0.39, 0.29) is 23.0 Å². The lowest BCUT2D eigenvalue weighted by molar-refractivity contribution is 0.431. The van der Waals surface area contributed by atoms with Crippen LogP contribution in [0.25, 0.3) is 0 Å². The summed E-state index contributed by atoms with van der Waals surface area (Å²) in [6.45, 7) is 1.62. The number of phenolic OH excluding ortho intramolecular Hbond substituents is 1. The number of phenols is 1. The van der Waals surface area contributed by atoms with Crippen LogP contribution >= 0.6 is 0 Å². The molecule has 0 spiro atoms. The molecule has 2 aromatic rings. The van der Waals surface area contributed by atoms with Gasteiger partial charge in [-0.15, -0.1) is 10.2 Å². The quantitative estimate of drug-likeness (QED) is 0.783. The normalized spacial score (nSPS) is 11.2. The van der Waals surface area contributed by atoms with Gasteiger partial charge in [0.1, 0.15) is 11.4 Å². The van der Waals surface area contributed by atoms with E-state index in [9.17, 15) is 9.50 Å². The average molecular weight is 236 g/mol. The summed E-state index contributed by atoms with van der Waals surface area (Å²) >= 11 is 0. The van der Waals surface area contributed by atoms with Gasteiger partial charge in [0.25, 0.3) is 0 Å². The number of aromatic hydroxyl groups is 1. The van der Waals surface area contributed by atoms with Crippen LogP contribution in [0.5, 0.6) is 5.75 Å². The predicted octanol–water partition coefficient (Wildman–Crippen LogP) is 2.83. The molecule has 0 saturated carbocycles. The lowest BCUT2D eigenvalue weighted by Crippen LogP contribution is -1.80. The molecule has 0 fully saturated rings. The molecule has 6 nitrogen and oxygen atoms in total. The second-order valence-corrected chi connectivity index (χ2v) is 3.29. The molecule has 1 heterocycles. The number of azo groups is 1. The number of benzene rings is 1. The van der Waals surface area contributed by atoms with Crippen molar-refractivity contribution in [2.75, 3.05) is 5.73 Å². The zero-order valence-corrected chi connectivity index (χ0v) is 8.88. The summed E-state index contributed by atoms with van der Waals surface area (Å²) in [4.78, 5) is 0. The Morgan fingerprint density at radius 2 is 2.06 bits per heavy atom. The summed E-state index contributed by atoms with van der Waals surface area (Å²) < 4.78 is 18.0. The van der Waals surface area contributed by atoms with Gasteiger partial charge in [-0.25, -0.2) is 4.39 Å². The Labute approximate surface area is 95.6 Å². The molecule has 1 aromatic carbocycles. The van der Waals surface area contributed by atoms with Crippen molar-refractivity contribution in [1.29, 1.82) is 0 Å². The Kier molecular flexibility index (Phi) is 2.73. The standard InChI is InChI=1S/C10H9FN4O2/c1-5-8(10(12)17-15-5)13-14-9-6(11)3-2-4-7(9)16/h2-4,16H,12H2,1H3. The number of anilines is 1. The minimum absolute atomic E-state index is 0.0120. The van der Waals surface area contributed by atoms with Crippen molar-refractivity contribution in [3.63, 3.8) is 0 Å². The van der Waals surface area contributed by atoms with Gasteiger partial charge in [0.05, 0.1) is 0 Å². The van der Waals surface area contributed by atoms with Crippen LogP contribution in [0.15, 0.2) is 33.0 Å². The molecule has 0 atom stereocenters. The Morgan fingerprint density at radius 1 is 1.35 bits per heavy atom. The number of rotatable bonds is 2. The van der Waals surface area contributed by atoms with Crippen molar-refractivity contribution in [1.82, 2.24) is 5.16 Å². The minimum atomic E-state index is -0.679. The molecule has 0 aliphatic heterocycles. The highest BCUT2D eigenvalue weighted by atomic mass is 19.1. The van der Waals surface area contributed by atoms with Crippen molar-refractivity contribution in [2.24, 2.45) is 10.2 Å². The number of hydrogen-bond donors (Lipinski definition) is 2. The predicted molar refractivity (Wildman–Crippen MR) is 57.9 cm³/mol. The van der Waals surface area contributed by atoms with Gasteiger partial charge in [-0.05, 0) is 19.1 Å². The van der Waals surface area contributed by atoms with Crippen LogP contribution < -0.4 is 5.73 Å². The summed E-state index contributed by atoms with van der Waals surface area (Å²) in [6, 6.07) is 3.84. The third-order valence-corrected chi connectivity index (χ3v) is 2.07. The summed E-state index contributed by atoms with van der Waals surface area (Å²) in [6.07, 6.45) is 0. The molecule has 3 N–H and O–H groups in total. The molecule has 0 radical (unpaired) electrons. The third-order valence-electron chi connectivity index (χ3n) is 2.07. The SMILES string of the molecule is Cc1noc(N)c1N=Nc1c(O)cccc1F. The maximum atomic E-state index is 13.3.